The van der Waals surface area contributed by atoms with E-state index >= 15 is 0 Å². The van der Waals surface area contributed by atoms with Crippen LogP contribution in [-0.2, 0) is 4.79 Å². The number of carbonyl (C=O) groups excluding carboxylic acids is 3. The first-order valence-corrected chi connectivity index (χ1v) is 9.26. The van der Waals surface area contributed by atoms with E-state index in [1.54, 1.807) is 29.2 Å². The zero-order valence-corrected chi connectivity index (χ0v) is 15.9. The lowest BCUT2D eigenvalue weighted by Crippen LogP contribution is -2.52. The Morgan fingerprint density at radius 3 is 2.14 bits per heavy atom. The number of ketones is 1. The lowest BCUT2D eigenvalue weighted by atomic mass is 10.1. The number of Topliss-reactive ketones (excluding diaryl/α,β-unsaturated/α-hetero) is 1. The summed E-state index contributed by atoms with van der Waals surface area (Å²) in [5, 5.41) is 5.36. The molecule has 0 bridgehead atoms. The molecule has 1 heterocycles. The van der Waals surface area contributed by atoms with Crippen molar-refractivity contribution in [3.63, 3.8) is 0 Å². The summed E-state index contributed by atoms with van der Waals surface area (Å²) in [7, 11) is 0. The maximum absolute atomic E-state index is 12.3. The van der Waals surface area contributed by atoms with Crippen LogP contribution in [0.1, 0.15) is 17.3 Å². The molecule has 0 saturated carbocycles. The lowest BCUT2D eigenvalue weighted by Gasteiger charge is -2.36. The number of urea groups is 1. The fourth-order valence-corrected chi connectivity index (χ4v) is 3.07. The van der Waals surface area contributed by atoms with Crippen LogP contribution in [0.4, 0.5) is 16.2 Å². The van der Waals surface area contributed by atoms with Gasteiger partial charge >= 0.3 is 6.03 Å². The molecule has 0 spiro atoms. The van der Waals surface area contributed by atoms with Crippen molar-refractivity contribution in [2.24, 2.45) is 0 Å². The Balaban J connectivity index is 1.41. The van der Waals surface area contributed by atoms with Crippen molar-refractivity contribution in [3.05, 3.63) is 60.2 Å². The Morgan fingerprint density at radius 2 is 1.54 bits per heavy atom. The van der Waals surface area contributed by atoms with Gasteiger partial charge in [0.15, 0.2) is 5.78 Å². The molecule has 2 aromatic carbocycles. The predicted octanol–water partition coefficient (Wildman–Crippen LogP) is 2.36. The van der Waals surface area contributed by atoms with Crippen LogP contribution in [-0.4, -0.2) is 55.3 Å². The van der Waals surface area contributed by atoms with Crippen molar-refractivity contribution in [3.8, 4) is 0 Å². The van der Waals surface area contributed by atoms with Gasteiger partial charge in [0.05, 0.1) is 6.54 Å². The predicted molar refractivity (Wildman–Crippen MR) is 109 cm³/mol. The highest BCUT2D eigenvalue weighted by molar-refractivity contribution is 5.96. The van der Waals surface area contributed by atoms with Crippen LogP contribution in [0.15, 0.2) is 54.6 Å². The Labute approximate surface area is 164 Å². The van der Waals surface area contributed by atoms with E-state index in [9.17, 15) is 14.4 Å². The van der Waals surface area contributed by atoms with Gasteiger partial charge in [-0.25, -0.2) is 4.79 Å². The van der Waals surface area contributed by atoms with Gasteiger partial charge < -0.3 is 20.4 Å². The molecule has 0 atom stereocenters. The fraction of sp³-hybridized carbons (Fsp3) is 0.286. The van der Waals surface area contributed by atoms with E-state index in [2.05, 4.69) is 27.7 Å². The van der Waals surface area contributed by atoms with Gasteiger partial charge in [-0.15, -0.1) is 0 Å². The fourth-order valence-electron chi connectivity index (χ4n) is 3.07. The van der Waals surface area contributed by atoms with E-state index < -0.39 is 0 Å². The summed E-state index contributed by atoms with van der Waals surface area (Å²) in [4.78, 5) is 39.6. The third-order valence-electron chi connectivity index (χ3n) is 4.66. The number of nitrogens with zero attached hydrogens (tertiary/aromatic N) is 2. The van der Waals surface area contributed by atoms with E-state index in [1.165, 1.54) is 6.92 Å². The standard InChI is InChI=1S/C21H24N4O3/c1-16(26)17-7-9-18(10-8-17)23-20(27)15-22-21(28)25-13-11-24(12-14-25)19-5-3-2-4-6-19/h2-10H,11-15H2,1H3,(H,22,28)(H,23,27). The second-order valence-corrected chi connectivity index (χ2v) is 6.65. The maximum atomic E-state index is 12.3. The molecule has 0 aromatic heterocycles. The molecule has 2 aromatic rings. The number of benzene rings is 2. The monoisotopic (exact) mass is 380 g/mol. The van der Waals surface area contributed by atoms with Gasteiger partial charge in [0.2, 0.25) is 5.91 Å². The molecule has 0 aliphatic carbocycles. The van der Waals surface area contributed by atoms with Gasteiger partial charge in [-0.2, -0.15) is 0 Å². The van der Waals surface area contributed by atoms with Crippen molar-refractivity contribution in [2.75, 3.05) is 42.9 Å². The van der Waals surface area contributed by atoms with Crippen molar-refractivity contribution in [1.82, 2.24) is 10.2 Å². The first kappa shape index (κ1) is 19.4. The summed E-state index contributed by atoms with van der Waals surface area (Å²) in [5.74, 6) is -0.343. The van der Waals surface area contributed by atoms with E-state index in [4.69, 9.17) is 0 Å². The van der Waals surface area contributed by atoms with Crippen LogP contribution in [0.5, 0.6) is 0 Å². The summed E-state index contributed by atoms with van der Waals surface area (Å²) < 4.78 is 0. The Kier molecular flexibility index (Phi) is 6.26. The Hall–Kier alpha value is -3.35. The highest BCUT2D eigenvalue weighted by atomic mass is 16.2. The number of piperazine rings is 1. The van der Waals surface area contributed by atoms with Crippen molar-refractivity contribution in [1.29, 1.82) is 0 Å². The number of para-hydroxylation sites is 1. The van der Waals surface area contributed by atoms with Gasteiger partial charge in [-0.1, -0.05) is 18.2 Å². The first-order chi connectivity index (χ1) is 13.5. The van der Waals surface area contributed by atoms with E-state index in [1.807, 2.05) is 18.2 Å². The molecule has 7 nitrogen and oxygen atoms in total. The molecule has 1 aliphatic rings. The topological polar surface area (TPSA) is 81.8 Å². The minimum Gasteiger partial charge on any atom is -0.368 e. The average Bonchev–Trinajstić information content (AvgIpc) is 2.73. The highest BCUT2D eigenvalue weighted by Crippen LogP contribution is 2.15. The number of hydrogen-bond acceptors (Lipinski definition) is 4. The molecular formula is C21H24N4O3. The SMILES string of the molecule is CC(=O)c1ccc(NC(=O)CNC(=O)N2CCN(c3ccccc3)CC2)cc1. The molecule has 0 radical (unpaired) electrons. The van der Waals surface area contributed by atoms with E-state index in [0.29, 0.717) is 24.3 Å². The van der Waals surface area contributed by atoms with Gasteiger partial charge in [-0.05, 0) is 43.3 Å². The summed E-state index contributed by atoms with van der Waals surface area (Å²) in [6.07, 6.45) is 0. The van der Waals surface area contributed by atoms with E-state index in [0.717, 1.165) is 18.8 Å². The third-order valence-corrected chi connectivity index (χ3v) is 4.66. The van der Waals surface area contributed by atoms with Crippen LogP contribution < -0.4 is 15.5 Å². The van der Waals surface area contributed by atoms with E-state index in [-0.39, 0.29) is 24.3 Å². The third kappa shape index (κ3) is 5.09. The van der Waals surface area contributed by atoms with Gasteiger partial charge in [0.25, 0.3) is 0 Å². The van der Waals surface area contributed by atoms with Crippen molar-refractivity contribution in [2.45, 2.75) is 6.92 Å². The maximum Gasteiger partial charge on any atom is 0.317 e. The normalized spacial score (nSPS) is 13.8. The van der Waals surface area contributed by atoms with Crippen molar-refractivity contribution >= 4 is 29.1 Å². The summed E-state index contributed by atoms with van der Waals surface area (Å²) in [6.45, 7) is 4.11. The first-order valence-electron chi connectivity index (χ1n) is 9.26. The Bertz CT molecular complexity index is 828. The second-order valence-electron chi connectivity index (χ2n) is 6.65. The number of nitrogens with one attached hydrogen (secondary N) is 2. The number of rotatable bonds is 5. The zero-order chi connectivity index (χ0) is 19.9. The minimum absolute atomic E-state index is 0.0301. The molecular weight excluding hydrogens is 356 g/mol. The summed E-state index contributed by atoms with van der Waals surface area (Å²) >= 11 is 0. The van der Waals surface area contributed by atoms with Gasteiger partial charge in [0, 0.05) is 43.1 Å². The average molecular weight is 380 g/mol. The number of amides is 3. The molecule has 28 heavy (non-hydrogen) atoms. The molecule has 146 valence electrons. The molecule has 0 unspecified atom stereocenters. The minimum atomic E-state index is -0.313. The van der Waals surface area contributed by atoms with Crippen LogP contribution in [0.3, 0.4) is 0 Å². The quantitative estimate of drug-likeness (QED) is 0.781. The van der Waals surface area contributed by atoms with Gasteiger partial charge in [0.1, 0.15) is 0 Å². The number of carbonyl (C=O) groups is 3. The van der Waals surface area contributed by atoms with Gasteiger partial charge in [-0.3, -0.25) is 9.59 Å². The molecule has 1 saturated heterocycles. The highest BCUT2D eigenvalue weighted by Gasteiger charge is 2.21. The summed E-state index contributed by atoms with van der Waals surface area (Å²) in [5.41, 5.74) is 2.32. The largest absolute Gasteiger partial charge is 0.368 e. The number of hydrogen-bond donors (Lipinski definition) is 2. The summed E-state index contributed by atoms with van der Waals surface area (Å²) in [6, 6.07) is 16.5. The molecule has 7 heteroatoms. The lowest BCUT2D eigenvalue weighted by molar-refractivity contribution is -0.115. The molecule has 2 N–H and O–H groups in total. The van der Waals surface area contributed by atoms with Crippen LogP contribution in [0.2, 0.25) is 0 Å². The second kappa shape index (κ2) is 9.03. The van der Waals surface area contributed by atoms with Crippen LogP contribution in [0, 0.1) is 0 Å². The number of anilines is 2. The molecule has 3 amide bonds. The smallest absolute Gasteiger partial charge is 0.317 e. The zero-order valence-electron chi connectivity index (χ0n) is 15.9. The van der Waals surface area contributed by atoms with Crippen LogP contribution >= 0.6 is 0 Å². The Morgan fingerprint density at radius 1 is 0.893 bits per heavy atom. The molecule has 1 aliphatic heterocycles. The van der Waals surface area contributed by atoms with Crippen LogP contribution in [0.25, 0.3) is 0 Å². The van der Waals surface area contributed by atoms with Crippen molar-refractivity contribution < 1.29 is 14.4 Å². The molecule has 1 fully saturated rings. The molecule has 3 rings (SSSR count).